The topological polar surface area (TPSA) is 68.5 Å². The molecule has 0 aliphatic carbocycles. The summed E-state index contributed by atoms with van der Waals surface area (Å²) < 4.78 is 6.99. The van der Waals surface area contributed by atoms with Gasteiger partial charge in [0.25, 0.3) is 0 Å². The minimum Gasteiger partial charge on any atom is -0.497 e. The molecule has 3 rings (SSSR count). The number of rotatable bonds is 6. The Balaban J connectivity index is 1.58. The minimum absolute atomic E-state index is 0.0384. The second-order valence-corrected chi connectivity index (χ2v) is 6.55. The number of carbonyl (C=O) groups is 1. The molecule has 2 aromatic heterocycles. The van der Waals surface area contributed by atoms with Crippen molar-refractivity contribution in [3.8, 4) is 5.75 Å². The van der Waals surface area contributed by atoms with Crippen molar-refractivity contribution in [3.05, 3.63) is 54.2 Å². The summed E-state index contributed by atoms with van der Waals surface area (Å²) in [7, 11) is 1.63. The van der Waals surface area contributed by atoms with Crippen molar-refractivity contribution in [1.82, 2.24) is 19.9 Å². The maximum Gasteiger partial charge on any atom is 0.233 e. The quantitative estimate of drug-likeness (QED) is 0.697. The van der Waals surface area contributed by atoms with Crippen LogP contribution < -0.4 is 10.1 Å². The van der Waals surface area contributed by atoms with Crippen LogP contribution in [0.2, 0.25) is 0 Å². The number of hydrogen-bond donors (Lipinski definition) is 1. The smallest absolute Gasteiger partial charge is 0.233 e. The molecular formula is C17H18N4O2S. The van der Waals surface area contributed by atoms with E-state index in [1.54, 1.807) is 7.11 Å². The third kappa shape index (κ3) is 3.68. The molecule has 0 aliphatic heterocycles. The molecule has 1 atom stereocenters. The Hall–Kier alpha value is -2.54. The molecule has 124 valence electrons. The van der Waals surface area contributed by atoms with Crippen molar-refractivity contribution in [2.24, 2.45) is 0 Å². The average molecular weight is 342 g/mol. The lowest BCUT2D eigenvalue weighted by Crippen LogP contribution is -2.30. The number of thioether (sulfide) groups is 1. The van der Waals surface area contributed by atoms with E-state index < -0.39 is 0 Å². The van der Waals surface area contributed by atoms with Crippen molar-refractivity contribution in [2.75, 3.05) is 7.11 Å². The molecule has 1 N–H and O–H groups in total. The average Bonchev–Trinajstić information content (AvgIpc) is 3.03. The molecule has 7 heteroatoms. The molecule has 2 heterocycles. The van der Waals surface area contributed by atoms with Crippen molar-refractivity contribution >= 4 is 23.3 Å². The first-order chi connectivity index (χ1) is 11.7. The maximum absolute atomic E-state index is 12.3. The summed E-state index contributed by atoms with van der Waals surface area (Å²) in [6.07, 6.45) is 1.89. The SMILES string of the molecule is COc1ccc(CNC(=O)C(C)Sc2nnc3ccccn23)cc1. The molecule has 6 nitrogen and oxygen atoms in total. The van der Waals surface area contributed by atoms with Crippen LogP contribution in [-0.4, -0.2) is 32.9 Å². The van der Waals surface area contributed by atoms with E-state index in [2.05, 4.69) is 15.5 Å². The van der Waals surface area contributed by atoms with Gasteiger partial charge in [-0.3, -0.25) is 9.20 Å². The lowest BCUT2D eigenvalue weighted by atomic mass is 10.2. The van der Waals surface area contributed by atoms with Crippen LogP contribution in [0, 0.1) is 0 Å². The number of fused-ring (bicyclic) bond motifs is 1. The number of nitrogens with zero attached hydrogens (tertiary/aromatic N) is 3. The Kier molecular flexibility index (Phi) is 5.00. The number of ether oxygens (including phenoxy) is 1. The zero-order chi connectivity index (χ0) is 16.9. The van der Waals surface area contributed by atoms with Gasteiger partial charge in [-0.15, -0.1) is 10.2 Å². The van der Waals surface area contributed by atoms with E-state index in [1.165, 1.54) is 11.8 Å². The van der Waals surface area contributed by atoms with Gasteiger partial charge in [-0.2, -0.15) is 0 Å². The van der Waals surface area contributed by atoms with Crippen LogP contribution in [-0.2, 0) is 11.3 Å². The van der Waals surface area contributed by atoms with Gasteiger partial charge in [0.1, 0.15) is 5.75 Å². The first-order valence-electron chi connectivity index (χ1n) is 7.54. The summed E-state index contributed by atoms with van der Waals surface area (Å²) in [5.74, 6) is 0.760. The molecule has 1 amide bonds. The second kappa shape index (κ2) is 7.35. The van der Waals surface area contributed by atoms with Crippen molar-refractivity contribution in [2.45, 2.75) is 23.9 Å². The summed E-state index contributed by atoms with van der Waals surface area (Å²) in [6.45, 7) is 2.34. The molecule has 0 aliphatic rings. The van der Waals surface area contributed by atoms with Crippen LogP contribution in [0.5, 0.6) is 5.75 Å². The van der Waals surface area contributed by atoms with Gasteiger partial charge in [-0.05, 0) is 36.8 Å². The highest BCUT2D eigenvalue weighted by Crippen LogP contribution is 2.22. The lowest BCUT2D eigenvalue weighted by molar-refractivity contribution is -0.120. The van der Waals surface area contributed by atoms with Crippen molar-refractivity contribution in [1.29, 1.82) is 0 Å². The Morgan fingerprint density at radius 2 is 2.04 bits per heavy atom. The van der Waals surface area contributed by atoms with E-state index in [1.807, 2.05) is 60.0 Å². The normalized spacial score (nSPS) is 12.1. The number of methoxy groups -OCH3 is 1. The number of benzene rings is 1. The number of amides is 1. The van der Waals surface area contributed by atoms with Gasteiger partial charge in [-0.25, -0.2) is 0 Å². The van der Waals surface area contributed by atoms with Crippen LogP contribution in [0.1, 0.15) is 12.5 Å². The molecule has 0 spiro atoms. The molecule has 1 aromatic carbocycles. The van der Waals surface area contributed by atoms with Gasteiger partial charge in [0.15, 0.2) is 10.8 Å². The Labute approximate surface area is 144 Å². The monoisotopic (exact) mass is 342 g/mol. The van der Waals surface area contributed by atoms with Crippen LogP contribution in [0.4, 0.5) is 0 Å². The molecule has 0 bridgehead atoms. The van der Waals surface area contributed by atoms with Gasteiger partial charge in [-0.1, -0.05) is 30.0 Å². The first-order valence-corrected chi connectivity index (χ1v) is 8.42. The molecule has 1 unspecified atom stereocenters. The molecule has 24 heavy (non-hydrogen) atoms. The van der Waals surface area contributed by atoms with Crippen molar-refractivity contribution in [3.63, 3.8) is 0 Å². The summed E-state index contributed by atoms with van der Waals surface area (Å²) in [4.78, 5) is 12.3. The summed E-state index contributed by atoms with van der Waals surface area (Å²) in [5.41, 5.74) is 1.79. The highest BCUT2D eigenvalue weighted by atomic mass is 32.2. The Morgan fingerprint density at radius 3 is 2.79 bits per heavy atom. The van der Waals surface area contributed by atoms with Gasteiger partial charge in [0.05, 0.1) is 12.4 Å². The molecule has 0 radical (unpaired) electrons. The van der Waals surface area contributed by atoms with E-state index in [0.717, 1.165) is 17.0 Å². The number of hydrogen-bond acceptors (Lipinski definition) is 5. The Bertz CT molecular complexity index is 832. The number of nitrogens with one attached hydrogen (secondary N) is 1. The Morgan fingerprint density at radius 1 is 1.25 bits per heavy atom. The van der Waals surface area contributed by atoms with Gasteiger partial charge in [0.2, 0.25) is 5.91 Å². The zero-order valence-electron chi connectivity index (χ0n) is 13.5. The van der Waals surface area contributed by atoms with E-state index >= 15 is 0 Å². The predicted octanol–water partition coefficient (Wildman–Crippen LogP) is 2.53. The van der Waals surface area contributed by atoms with E-state index in [-0.39, 0.29) is 11.2 Å². The van der Waals surface area contributed by atoms with Crippen LogP contribution in [0.15, 0.2) is 53.8 Å². The number of pyridine rings is 1. The second-order valence-electron chi connectivity index (χ2n) is 5.24. The summed E-state index contributed by atoms with van der Waals surface area (Å²) in [6, 6.07) is 13.3. The predicted molar refractivity (Wildman–Crippen MR) is 93.1 cm³/mol. The third-order valence-electron chi connectivity index (χ3n) is 3.56. The number of aromatic nitrogens is 3. The number of carbonyl (C=O) groups excluding carboxylic acids is 1. The third-order valence-corrected chi connectivity index (χ3v) is 4.62. The van der Waals surface area contributed by atoms with Gasteiger partial charge >= 0.3 is 0 Å². The standard InChI is InChI=1S/C17H18N4O2S/c1-12(24-17-20-19-15-5-3-4-10-21(15)17)16(22)18-11-13-6-8-14(23-2)9-7-13/h3-10,12H,11H2,1-2H3,(H,18,22). The van der Waals surface area contributed by atoms with Gasteiger partial charge in [0, 0.05) is 12.7 Å². The fourth-order valence-electron chi connectivity index (χ4n) is 2.19. The van der Waals surface area contributed by atoms with Crippen LogP contribution in [0.25, 0.3) is 5.65 Å². The lowest BCUT2D eigenvalue weighted by Gasteiger charge is -2.11. The van der Waals surface area contributed by atoms with Gasteiger partial charge < -0.3 is 10.1 Å². The fourth-order valence-corrected chi connectivity index (χ4v) is 3.05. The molecular weight excluding hydrogens is 324 g/mol. The molecule has 0 saturated heterocycles. The molecule has 3 aromatic rings. The largest absolute Gasteiger partial charge is 0.497 e. The van der Waals surface area contributed by atoms with E-state index in [4.69, 9.17) is 4.74 Å². The molecule has 0 saturated carbocycles. The summed E-state index contributed by atoms with van der Waals surface area (Å²) >= 11 is 1.39. The molecule has 0 fully saturated rings. The summed E-state index contributed by atoms with van der Waals surface area (Å²) in [5, 5.41) is 11.6. The zero-order valence-corrected chi connectivity index (χ0v) is 14.3. The van der Waals surface area contributed by atoms with E-state index in [9.17, 15) is 4.79 Å². The van der Waals surface area contributed by atoms with Crippen LogP contribution in [0.3, 0.4) is 0 Å². The maximum atomic E-state index is 12.3. The van der Waals surface area contributed by atoms with Crippen molar-refractivity contribution < 1.29 is 9.53 Å². The van der Waals surface area contributed by atoms with Crippen LogP contribution >= 0.6 is 11.8 Å². The highest BCUT2D eigenvalue weighted by Gasteiger charge is 2.17. The fraction of sp³-hybridized carbons (Fsp3) is 0.235. The first kappa shape index (κ1) is 16.3. The highest BCUT2D eigenvalue weighted by molar-refractivity contribution is 8.00. The minimum atomic E-state index is -0.268. The van der Waals surface area contributed by atoms with E-state index in [0.29, 0.717) is 11.7 Å².